The van der Waals surface area contributed by atoms with E-state index in [1.54, 1.807) is 16.9 Å². The molecule has 1 fully saturated rings. The third-order valence-electron chi connectivity index (χ3n) is 3.35. The Balaban J connectivity index is 0.00000147. The number of amides is 1. The van der Waals surface area contributed by atoms with E-state index in [0.717, 1.165) is 18.5 Å². The van der Waals surface area contributed by atoms with E-state index in [-0.39, 0.29) is 30.4 Å². The van der Waals surface area contributed by atoms with Crippen LogP contribution in [0.25, 0.3) is 5.69 Å². The number of para-hydroxylation sites is 1. The van der Waals surface area contributed by atoms with Gasteiger partial charge in [-0.05, 0) is 31.0 Å². The highest BCUT2D eigenvalue weighted by Crippen LogP contribution is 2.17. The first-order valence-electron chi connectivity index (χ1n) is 6.40. The van der Waals surface area contributed by atoms with Gasteiger partial charge in [0.15, 0.2) is 5.69 Å². The van der Waals surface area contributed by atoms with Gasteiger partial charge >= 0.3 is 0 Å². The van der Waals surface area contributed by atoms with Gasteiger partial charge in [-0.3, -0.25) is 4.79 Å². The minimum atomic E-state index is -0.133. The summed E-state index contributed by atoms with van der Waals surface area (Å²) in [5, 5.41) is 7.22. The Hall–Kier alpha value is -1.85. The van der Waals surface area contributed by atoms with Crippen molar-refractivity contribution in [3.8, 4) is 5.69 Å². The summed E-state index contributed by atoms with van der Waals surface area (Å²) in [7, 11) is 0. The standard InChI is InChI=1S/C14H16N4O.ClH/c15-10-8-11(9-10)16-14(19)13-6-7-18(17-13)12-4-2-1-3-5-12;/h1-7,10-11H,8-9,15H2,(H,16,19);1H. The molecule has 1 amide bonds. The average Bonchev–Trinajstić information content (AvgIpc) is 2.87. The zero-order valence-corrected chi connectivity index (χ0v) is 11.7. The Morgan fingerprint density at radius 2 is 1.95 bits per heavy atom. The van der Waals surface area contributed by atoms with E-state index >= 15 is 0 Å². The van der Waals surface area contributed by atoms with Crippen LogP contribution in [0.15, 0.2) is 42.6 Å². The fraction of sp³-hybridized carbons (Fsp3) is 0.286. The van der Waals surface area contributed by atoms with Crippen LogP contribution < -0.4 is 11.1 Å². The molecule has 20 heavy (non-hydrogen) atoms. The van der Waals surface area contributed by atoms with Crippen molar-refractivity contribution < 1.29 is 4.79 Å². The lowest BCUT2D eigenvalue weighted by molar-refractivity contribution is 0.0904. The van der Waals surface area contributed by atoms with Crippen LogP contribution in [0.1, 0.15) is 23.3 Å². The SMILES string of the molecule is Cl.NC1CC(NC(=O)c2ccn(-c3ccccc3)n2)C1. The predicted molar refractivity (Wildman–Crippen MR) is 79.3 cm³/mol. The van der Waals surface area contributed by atoms with Gasteiger partial charge in [-0.25, -0.2) is 4.68 Å². The first-order chi connectivity index (χ1) is 9.22. The number of aromatic nitrogens is 2. The van der Waals surface area contributed by atoms with E-state index < -0.39 is 0 Å². The molecule has 0 atom stereocenters. The van der Waals surface area contributed by atoms with Crippen molar-refractivity contribution in [3.63, 3.8) is 0 Å². The molecule has 3 N–H and O–H groups in total. The van der Waals surface area contributed by atoms with Gasteiger partial charge in [0, 0.05) is 18.3 Å². The molecule has 1 saturated carbocycles. The summed E-state index contributed by atoms with van der Waals surface area (Å²) in [6.45, 7) is 0. The van der Waals surface area contributed by atoms with E-state index in [0.29, 0.717) is 5.69 Å². The zero-order chi connectivity index (χ0) is 13.2. The summed E-state index contributed by atoms with van der Waals surface area (Å²) >= 11 is 0. The minimum absolute atomic E-state index is 0. The second-order valence-corrected chi connectivity index (χ2v) is 4.88. The molecule has 1 aliphatic rings. The number of nitrogens with zero attached hydrogens (tertiary/aromatic N) is 2. The van der Waals surface area contributed by atoms with Crippen molar-refractivity contribution in [2.24, 2.45) is 5.73 Å². The van der Waals surface area contributed by atoms with E-state index in [9.17, 15) is 4.79 Å². The molecular formula is C14H17ClN4O. The van der Waals surface area contributed by atoms with E-state index in [1.807, 2.05) is 30.3 Å². The number of carbonyl (C=O) groups is 1. The Kier molecular flexibility index (Phi) is 4.42. The van der Waals surface area contributed by atoms with E-state index in [1.165, 1.54) is 0 Å². The third kappa shape index (κ3) is 3.00. The highest BCUT2D eigenvalue weighted by atomic mass is 35.5. The normalized spacial score (nSPS) is 20.6. The molecular weight excluding hydrogens is 276 g/mol. The van der Waals surface area contributed by atoms with Crippen LogP contribution >= 0.6 is 12.4 Å². The van der Waals surface area contributed by atoms with Crippen LogP contribution in [-0.2, 0) is 0 Å². The van der Waals surface area contributed by atoms with E-state index in [2.05, 4.69) is 10.4 Å². The molecule has 6 heteroatoms. The predicted octanol–water partition coefficient (Wildman–Crippen LogP) is 1.51. The molecule has 1 aliphatic carbocycles. The van der Waals surface area contributed by atoms with Crippen LogP contribution in [0.4, 0.5) is 0 Å². The van der Waals surface area contributed by atoms with Crippen molar-refractivity contribution in [1.29, 1.82) is 0 Å². The number of hydrogen-bond acceptors (Lipinski definition) is 3. The molecule has 0 saturated heterocycles. The van der Waals surface area contributed by atoms with Crippen LogP contribution in [0.2, 0.25) is 0 Å². The van der Waals surface area contributed by atoms with Crippen molar-refractivity contribution >= 4 is 18.3 Å². The fourth-order valence-corrected chi connectivity index (χ4v) is 2.21. The lowest BCUT2D eigenvalue weighted by Crippen LogP contribution is -2.50. The number of nitrogens with two attached hydrogens (primary N) is 1. The maximum absolute atomic E-state index is 12.0. The first kappa shape index (κ1) is 14.6. The molecule has 1 heterocycles. The number of hydrogen-bond donors (Lipinski definition) is 2. The number of rotatable bonds is 3. The monoisotopic (exact) mass is 292 g/mol. The Labute approximate surface area is 123 Å². The van der Waals surface area contributed by atoms with Gasteiger partial charge in [-0.1, -0.05) is 18.2 Å². The van der Waals surface area contributed by atoms with Crippen LogP contribution in [0.5, 0.6) is 0 Å². The van der Waals surface area contributed by atoms with Gasteiger partial charge in [0.2, 0.25) is 0 Å². The maximum Gasteiger partial charge on any atom is 0.272 e. The smallest absolute Gasteiger partial charge is 0.272 e. The molecule has 2 aromatic rings. The molecule has 0 bridgehead atoms. The van der Waals surface area contributed by atoms with Crippen LogP contribution in [0, 0.1) is 0 Å². The summed E-state index contributed by atoms with van der Waals surface area (Å²) in [5.41, 5.74) is 7.06. The topological polar surface area (TPSA) is 72.9 Å². The Bertz CT molecular complexity index is 578. The second-order valence-electron chi connectivity index (χ2n) is 4.88. The Morgan fingerprint density at radius 1 is 1.25 bits per heavy atom. The number of nitrogens with one attached hydrogen (secondary N) is 1. The molecule has 106 valence electrons. The molecule has 0 spiro atoms. The van der Waals surface area contributed by atoms with Crippen LogP contribution in [0.3, 0.4) is 0 Å². The zero-order valence-electron chi connectivity index (χ0n) is 10.9. The number of benzene rings is 1. The fourth-order valence-electron chi connectivity index (χ4n) is 2.21. The van der Waals surface area contributed by atoms with Gasteiger partial charge in [0.25, 0.3) is 5.91 Å². The molecule has 1 aromatic carbocycles. The minimum Gasteiger partial charge on any atom is -0.348 e. The second kappa shape index (κ2) is 6.07. The molecule has 1 aromatic heterocycles. The number of halogens is 1. The van der Waals surface area contributed by atoms with Gasteiger partial charge < -0.3 is 11.1 Å². The molecule has 3 rings (SSSR count). The van der Waals surface area contributed by atoms with Crippen molar-refractivity contribution in [2.45, 2.75) is 24.9 Å². The summed E-state index contributed by atoms with van der Waals surface area (Å²) in [6.07, 6.45) is 3.49. The van der Waals surface area contributed by atoms with Crippen molar-refractivity contribution in [1.82, 2.24) is 15.1 Å². The van der Waals surface area contributed by atoms with Gasteiger partial charge in [-0.2, -0.15) is 5.10 Å². The summed E-state index contributed by atoms with van der Waals surface area (Å²) in [4.78, 5) is 12.0. The third-order valence-corrected chi connectivity index (χ3v) is 3.35. The van der Waals surface area contributed by atoms with Crippen LogP contribution in [-0.4, -0.2) is 27.8 Å². The first-order valence-corrected chi connectivity index (χ1v) is 6.40. The Morgan fingerprint density at radius 3 is 2.60 bits per heavy atom. The lowest BCUT2D eigenvalue weighted by Gasteiger charge is -2.32. The lowest BCUT2D eigenvalue weighted by atomic mass is 9.87. The molecule has 0 aliphatic heterocycles. The number of carbonyl (C=O) groups excluding carboxylic acids is 1. The quantitative estimate of drug-likeness (QED) is 0.901. The highest BCUT2D eigenvalue weighted by Gasteiger charge is 2.27. The summed E-state index contributed by atoms with van der Waals surface area (Å²) in [5.74, 6) is -0.133. The molecule has 0 unspecified atom stereocenters. The van der Waals surface area contributed by atoms with Gasteiger partial charge in [-0.15, -0.1) is 12.4 Å². The summed E-state index contributed by atoms with van der Waals surface area (Å²) in [6, 6.07) is 11.9. The largest absolute Gasteiger partial charge is 0.348 e. The maximum atomic E-state index is 12.0. The van der Waals surface area contributed by atoms with Crippen molar-refractivity contribution in [3.05, 3.63) is 48.3 Å². The highest BCUT2D eigenvalue weighted by molar-refractivity contribution is 5.92. The van der Waals surface area contributed by atoms with Crippen molar-refractivity contribution in [2.75, 3.05) is 0 Å². The summed E-state index contributed by atoms with van der Waals surface area (Å²) < 4.78 is 1.70. The average molecular weight is 293 g/mol. The van der Waals surface area contributed by atoms with Gasteiger partial charge in [0.05, 0.1) is 5.69 Å². The van der Waals surface area contributed by atoms with E-state index in [4.69, 9.17) is 5.73 Å². The molecule has 0 radical (unpaired) electrons. The molecule has 5 nitrogen and oxygen atoms in total. The van der Waals surface area contributed by atoms with Gasteiger partial charge in [0.1, 0.15) is 0 Å².